The van der Waals surface area contributed by atoms with Crippen molar-refractivity contribution in [1.29, 1.82) is 0 Å². The van der Waals surface area contributed by atoms with Crippen molar-refractivity contribution < 1.29 is 20.1 Å². The molecule has 3 N–H and O–H groups in total. The van der Waals surface area contributed by atoms with Crippen LogP contribution in [0, 0.1) is 17.3 Å². The first-order valence-corrected chi connectivity index (χ1v) is 10.9. The topological polar surface area (TPSA) is 69.9 Å². The fourth-order valence-electron chi connectivity index (χ4n) is 6.43. The molecule has 2 aromatic rings. The number of ether oxygens (including phenoxy) is 1. The second kappa shape index (κ2) is 7.12. The molecule has 154 valence electrons. The summed E-state index contributed by atoms with van der Waals surface area (Å²) >= 11 is 0. The van der Waals surface area contributed by atoms with Crippen LogP contribution in [0.4, 0.5) is 0 Å². The first-order valence-electron chi connectivity index (χ1n) is 10.9. The average Bonchev–Trinajstić information content (AvgIpc) is 2.98. The second-order valence-corrected chi connectivity index (χ2v) is 9.45. The quantitative estimate of drug-likeness (QED) is 0.690. The Hall–Kier alpha value is -1.88. The molecule has 0 aromatic heterocycles. The summed E-state index contributed by atoms with van der Waals surface area (Å²) in [6.07, 6.45) is 2.66. The lowest BCUT2D eigenvalue weighted by molar-refractivity contribution is -0.0506. The van der Waals surface area contributed by atoms with E-state index in [9.17, 15) is 15.3 Å². The van der Waals surface area contributed by atoms with Gasteiger partial charge in [-0.2, -0.15) is 0 Å². The van der Waals surface area contributed by atoms with Gasteiger partial charge in [-0.25, -0.2) is 0 Å². The van der Waals surface area contributed by atoms with E-state index in [1.807, 2.05) is 36.4 Å². The lowest BCUT2D eigenvalue weighted by atomic mass is 9.55. The Kier molecular flexibility index (Phi) is 4.69. The fourth-order valence-corrected chi connectivity index (χ4v) is 6.43. The zero-order valence-corrected chi connectivity index (χ0v) is 16.9. The smallest absolute Gasteiger partial charge is 0.224 e. The standard InChI is InChI=1S/C25H30O4/c1-25-12-11-19-18-10-8-17(29-24(28)15-5-3-2-4-6-15)13-16(18)7-9-20(19)21(25)14-22(26)23(25)27/h2-6,8,10,13,19-24,26-28H,7,9,11-12,14H2,1H3/t19?,20?,21?,22-,23+,24?,25+/m1/s1. The third kappa shape index (κ3) is 3.09. The molecule has 2 fully saturated rings. The maximum absolute atomic E-state index is 10.6. The van der Waals surface area contributed by atoms with E-state index >= 15 is 0 Å². The Morgan fingerprint density at radius 3 is 2.66 bits per heavy atom. The summed E-state index contributed by atoms with van der Waals surface area (Å²) in [7, 11) is 0. The van der Waals surface area contributed by atoms with Crippen LogP contribution in [-0.2, 0) is 6.42 Å². The van der Waals surface area contributed by atoms with Crippen LogP contribution < -0.4 is 4.74 Å². The monoisotopic (exact) mass is 394 g/mol. The first kappa shape index (κ1) is 19.1. The van der Waals surface area contributed by atoms with Gasteiger partial charge in [-0.05, 0) is 78.5 Å². The van der Waals surface area contributed by atoms with Gasteiger partial charge in [0.2, 0.25) is 6.29 Å². The van der Waals surface area contributed by atoms with E-state index in [4.69, 9.17) is 4.74 Å². The Labute approximate surface area is 172 Å². The lowest BCUT2D eigenvalue weighted by Gasteiger charge is -2.49. The summed E-state index contributed by atoms with van der Waals surface area (Å²) in [6.45, 7) is 2.17. The Morgan fingerprint density at radius 2 is 1.86 bits per heavy atom. The van der Waals surface area contributed by atoms with Crippen molar-refractivity contribution in [2.24, 2.45) is 17.3 Å². The van der Waals surface area contributed by atoms with Crippen molar-refractivity contribution in [3.05, 3.63) is 65.2 Å². The second-order valence-electron chi connectivity index (χ2n) is 9.45. The molecule has 4 heteroatoms. The normalized spacial score (nSPS) is 36.6. The third-order valence-electron chi connectivity index (χ3n) is 8.00. The molecule has 2 saturated carbocycles. The van der Waals surface area contributed by atoms with Gasteiger partial charge in [-0.1, -0.05) is 43.3 Å². The van der Waals surface area contributed by atoms with Gasteiger partial charge in [0.1, 0.15) is 5.75 Å². The Bertz CT molecular complexity index is 882. The van der Waals surface area contributed by atoms with Crippen LogP contribution in [0.1, 0.15) is 61.5 Å². The molecule has 0 bridgehead atoms. The molecule has 4 unspecified atom stereocenters. The summed E-state index contributed by atoms with van der Waals surface area (Å²) in [5.41, 5.74) is 3.30. The summed E-state index contributed by atoms with van der Waals surface area (Å²) in [4.78, 5) is 0. The van der Waals surface area contributed by atoms with E-state index in [0.717, 1.165) is 37.7 Å². The third-order valence-corrected chi connectivity index (χ3v) is 8.00. The molecule has 4 nitrogen and oxygen atoms in total. The number of hydrogen-bond donors (Lipinski definition) is 3. The number of fused-ring (bicyclic) bond motifs is 5. The molecule has 0 spiro atoms. The van der Waals surface area contributed by atoms with Crippen molar-refractivity contribution in [2.75, 3.05) is 0 Å². The van der Waals surface area contributed by atoms with Crippen LogP contribution in [0.5, 0.6) is 5.75 Å². The maximum Gasteiger partial charge on any atom is 0.224 e. The summed E-state index contributed by atoms with van der Waals surface area (Å²) in [6, 6.07) is 15.6. The number of aliphatic hydroxyl groups is 3. The van der Waals surface area contributed by atoms with Crippen LogP contribution in [-0.4, -0.2) is 27.5 Å². The van der Waals surface area contributed by atoms with E-state index in [-0.39, 0.29) is 5.41 Å². The largest absolute Gasteiger partial charge is 0.461 e. The molecule has 5 rings (SSSR count). The molecule has 0 saturated heterocycles. The van der Waals surface area contributed by atoms with Crippen LogP contribution in [0.15, 0.2) is 48.5 Å². The van der Waals surface area contributed by atoms with Gasteiger partial charge in [0.15, 0.2) is 0 Å². The van der Waals surface area contributed by atoms with Crippen LogP contribution >= 0.6 is 0 Å². The molecule has 7 atom stereocenters. The number of benzene rings is 2. The van der Waals surface area contributed by atoms with Crippen molar-refractivity contribution in [3.8, 4) is 5.75 Å². The summed E-state index contributed by atoms with van der Waals surface area (Å²) in [5, 5.41) is 31.2. The Balaban J connectivity index is 1.37. The van der Waals surface area contributed by atoms with E-state index in [1.54, 1.807) is 0 Å². The Morgan fingerprint density at radius 1 is 1.07 bits per heavy atom. The van der Waals surface area contributed by atoms with Crippen molar-refractivity contribution in [3.63, 3.8) is 0 Å². The molecule has 0 amide bonds. The van der Waals surface area contributed by atoms with E-state index in [0.29, 0.717) is 23.5 Å². The van der Waals surface area contributed by atoms with E-state index in [1.165, 1.54) is 11.1 Å². The van der Waals surface area contributed by atoms with E-state index < -0.39 is 18.5 Å². The van der Waals surface area contributed by atoms with Crippen molar-refractivity contribution >= 4 is 0 Å². The van der Waals surface area contributed by atoms with Gasteiger partial charge in [0.25, 0.3) is 0 Å². The van der Waals surface area contributed by atoms with Crippen LogP contribution in [0.25, 0.3) is 0 Å². The molecule has 0 aliphatic heterocycles. The molecule has 2 aromatic carbocycles. The summed E-state index contributed by atoms with van der Waals surface area (Å²) in [5.74, 6) is 2.10. The van der Waals surface area contributed by atoms with Crippen LogP contribution in [0.2, 0.25) is 0 Å². The fraction of sp³-hybridized carbons (Fsp3) is 0.520. The zero-order chi connectivity index (χ0) is 20.2. The highest BCUT2D eigenvalue weighted by atomic mass is 16.6. The zero-order valence-electron chi connectivity index (χ0n) is 16.9. The highest BCUT2D eigenvalue weighted by Crippen LogP contribution is 2.61. The highest BCUT2D eigenvalue weighted by molar-refractivity contribution is 5.41. The molecule has 29 heavy (non-hydrogen) atoms. The molecular formula is C25H30O4. The SMILES string of the molecule is C[C@]12CCC3c4ccc(OC(O)c5ccccc5)cc4CCC3C1C[C@@H](O)[C@@H]2O. The predicted octanol–water partition coefficient (Wildman–Crippen LogP) is 3.94. The average molecular weight is 395 g/mol. The van der Waals surface area contributed by atoms with E-state index in [2.05, 4.69) is 19.1 Å². The van der Waals surface area contributed by atoms with Gasteiger partial charge in [0, 0.05) is 5.56 Å². The van der Waals surface area contributed by atoms with Crippen molar-refractivity contribution in [2.45, 2.75) is 63.4 Å². The molecule has 0 radical (unpaired) electrons. The van der Waals surface area contributed by atoms with Crippen LogP contribution in [0.3, 0.4) is 0 Å². The minimum Gasteiger partial charge on any atom is -0.461 e. The number of hydrogen-bond acceptors (Lipinski definition) is 4. The predicted molar refractivity (Wildman–Crippen MR) is 110 cm³/mol. The summed E-state index contributed by atoms with van der Waals surface area (Å²) < 4.78 is 5.81. The van der Waals surface area contributed by atoms with Gasteiger partial charge in [0.05, 0.1) is 12.2 Å². The van der Waals surface area contributed by atoms with Gasteiger partial charge in [-0.3, -0.25) is 0 Å². The van der Waals surface area contributed by atoms with Gasteiger partial charge in [-0.15, -0.1) is 0 Å². The molecule has 0 heterocycles. The number of aliphatic hydroxyl groups excluding tert-OH is 3. The molecule has 3 aliphatic carbocycles. The highest BCUT2D eigenvalue weighted by Gasteiger charge is 2.57. The minimum atomic E-state index is -0.970. The maximum atomic E-state index is 10.6. The van der Waals surface area contributed by atoms with Gasteiger partial charge >= 0.3 is 0 Å². The number of aryl methyl sites for hydroxylation is 1. The molecular weight excluding hydrogens is 364 g/mol. The lowest BCUT2D eigenvalue weighted by Crippen LogP contribution is -2.44. The number of rotatable bonds is 3. The first-order chi connectivity index (χ1) is 14.0. The van der Waals surface area contributed by atoms with Crippen molar-refractivity contribution in [1.82, 2.24) is 0 Å². The minimum absolute atomic E-state index is 0.152. The van der Waals surface area contributed by atoms with Gasteiger partial charge < -0.3 is 20.1 Å². The molecule has 3 aliphatic rings.